The molecule has 0 radical (unpaired) electrons. The highest BCUT2D eigenvalue weighted by atomic mass is 35.5. The number of benzene rings is 2. The number of halogens is 1. The zero-order valence-corrected chi connectivity index (χ0v) is 15.5. The van der Waals surface area contributed by atoms with E-state index in [-0.39, 0.29) is 5.91 Å². The zero-order valence-electron chi connectivity index (χ0n) is 14.7. The van der Waals surface area contributed by atoms with Crippen LogP contribution >= 0.6 is 11.6 Å². The topological polar surface area (TPSA) is 70.2 Å². The van der Waals surface area contributed by atoms with E-state index in [1.165, 1.54) is 0 Å². The fourth-order valence-electron chi connectivity index (χ4n) is 3.02. The van der Waals surface area contributed by atoms with E-state index in [1.807, 2.05) is 42.7 Å². The number of aromatic nitrogens is 2. The minimum absolute atomic E-state index is 0.373. The molecule has 6 heteroatoms. The molecular formula is C22H15ClN4O. The summed E-state index contributed by atoms with van der Waals surface area (Å²) >= 11 is 6.00. The van der Waals surface area contributed by atoms with Crippen molar-refractivity contribution < 1.29 is 4.79 Å². The van der Waals surface area contributed by atoms with Crippen molar-refractivity contribution in [2.75, 3.05) is 0 Å². The fraction of sp³-hybridized carbons (Fsp3) is 0.0455. The molecule has 1 unspecified atom stereocenters. The predicted octanol–water partition coefficient (Wildman–Crippen LogP) is 4.65. The van der Waals surface area contributed by atoms with Crippen LogP contribution in [0.3, 0.4) is 0 Å². The second kappa shape index (κ2) is 7.55. The second-order valence-corrected chi connectivity index (χ2v) is 6.67. The van der Waals surface area contributed by atoms with Crippen LogP contribution in [0.5, 0.6) is 0 Å². The quantitative estimate of drug-likeness (QED) is 0.555. The maximum Gasteiger partial charge on any atom is 0.256 e. The molecule has 0 spiro atoms. The number of imidazole rings is 1. The molecule has 136 valence electrons. The van der Waals surface area contributed by atoms with Gasteiger partial charge in [-0.15, -0.1) is 0 Å². The molecule has 1 atom stereocenters. The van der Waals surface area contributed by atoms with Gasteiger partial charge in [0.15, 0.2) is 0 Å². The number of nitrogens with zero attached hydrogens (tertiary/aromatic N) is 3. The van der Waals surface area contributed by atoms with E-state index in [2.05, 4.69) is 16.4 Å². The maximum absolute atomic E-state index is 12.9. The maximum atomic E-state index is 12.9. The number of hydrogen-bond acceptors (Lipinski definition) is 3. The summed E-state index contributed by atoms with van der Waals surface area (Å²) in [6.45, 7) is 0. The van der Waals surface area contributed by atoms with Gasteiger partial charge in [-0.25, -0.2) is 4.98 Å². The number of nitriles is 1. The zero-order chi connectivity index (χ0) is 19.5. The number of carbonyl (C=O) groups excluding carboxylic acids is 1. The van der Waals surface area contributed by atoms with Crippen molar-refractivity contribution in [3.05, 3.63) is 95.3 Å². The van der Waals surface area contributed by atoms with Crippen LogP contribution in [0.15, 0.2) is 79.1 Å². The van der Waals surface area contributed by atoms with Crippen LogP contribution in [0.4, 0.5) is 0 Å². The van der Waals surface area contributed by atoms with Crippen molar-refractivity contribution in [2.24, 2.45) is 0 Å². The van der Waals surface area contributed by atoms with Crippen molar-refractivity contribution in [1.82, 2.24) is 14.7 Å². The lowest BCUT2D eigenvalue weighted by Gasteiger charge is -2.12. The monoisotopic (exact) mass is 386 g/mol. The first-order valence-electron chi connectivity index (χ1n) is 8.65. The molecule has 0 saturated heterocycles. The molecule has 0 aliphatic rings. The largest absolute Gasteiger partial charge is 0.332 e. The van der Waals surface area contributed by atoms with Gasteiger partial charge in [0.25, 0.3) is 5.91 Å². The third-order valence-electron chi connectivity index (χ3n) is 4.38. The Balaban J connectivity index is 1.67. The van der Waals surface area contributed by atoms with Gasteiger partial charge in [0.2, 0.25) is 0 Å². The lowest BCUT2D eigenvalue weighted by Crippen LogP contribution is -2.28. The first-order valence-corrected chi connectivity index (χ1v) is 9.02. The average molecular weight is 387 g/mol. The van der Waals surface area contributed by atoms with Crippen LogP contribution in [0.2, 0.25) is 5.02 Å². The van der Waals surface area contributed by atoms with E-state index >= 15 is 0 Å². The number of fused-ring (bicyclic) bond motifs is 1. The number of rotatable bonds is 4. The molecule has 4 aromatic rings. The lowest BCUT2D eigenvalue weighted by atomic mass is 10.1. The third-order valence-corrected chi connectivity index (χ3v) is 4.62. The Bertz CT molecular complexity index is 1190. The summed E-state index contributed by atoms with van der Waals surface area (Å²) in [4.78, 5) is 17.5. The first-order chi connectivity index (χ1) is 13.7. The predicted molar refractivity (Wildman–Crippen MR) is 108 cm³/mol. The van der Waals surface area contributed by atoms with Crippen molar-refractivity contribution in [3.8, 4) is 17.3 Å². The smallest absolute Gasteiger partial charge is 0.256 e. The summed E-state index contributed by atoms with van der Waals surface area (Å²) in [7, 11) is 0. The van der Waals surface area contributed by atoms with Gasteiger partial charge in [-0.3, -0.25) is 4.79 Å². The molecule has 0 aliphatic carbocycles. The number of nitrogens with one attached hydrogen (secondary N) is 1. The van der Waals surface area contributed by atoms with Gasteiger partial charge in [0, 0.05) is 23.0 Å². The molecule has 28 heavy (non-hydrogen) atoms. The second-order valence-electron chi connectivity index (χ2n) is 6.24. The Labute approximate surface area is 166 Å². The van der Waals surface area contributed by atoms with E-state index in [0.717, 1.165) is 11.3 Å². The van der Waals surface area contributed by atoms with Crippen molar-refractivity contribution in [1.29, 1.82) is 5.26 Å². The van der Waals surface area contributed by atoms with Gasteiger partial charge in [-0.1, -0.05) is 54.1 Å². The van der Waals surface area contributed by atoms with Crippen LogP contribution in [0.1, 0.15) is 22.0 Å². The highest BCUT2D eigenvalue weighted by Crippen LogP contribution is 2.22. The molecule has 0 saturated carbocycles. The summed E-state index contributed by atoms with van der Waals surface area (Å²) in [5.41, 5.74) is 3.29. The lowest BCUT2D eigenvalue weighted by molar-refractivity contribution is 0.0946. The van der Waals surface area contributed by atoms with E-state index < -0.39 is 6.04 Å². The molecule has 2 aromatic heterocycles. The van der Waals surface area contributed by atoms with Gasteiger partial charge in [0.05, 0.1) is 17.3 Å². The molecule has 4 rings (SSSR count). The minimum Gasteiger partial charge on any atom is -0.332 e. The van der Waals surface area contributed by atoms with Crippen molar-refractivity contribution in [2.45, 2.75) is 6.04 Å². The van der Waals surface area contributed by atoms with Crippen LogP contribution in [0, 0.1) is 11.3 Å². The van der Waals surface area contributed by atoms with E-state index in [1.54, 1.807) is 40.8 Å². The molecule has 1 amide bonds. The van der Waals surface area contributed by atoms with Gasteiger partial charge in [0.1, 0.15) is 11.7 Å². The normalized spacial score (nSPS) is 11.7. The fourth-order valence-corrected chi connectivity index (χ4v) is 3.22. The van der Waals surface area contributed by atoms with Gasteiger partial charge >= 0.3 is 0 Å². The Morgan fingerprint density at radius 3 is 2.68 bits per heavy atom. The summed E-state index contributed by atoms with van der Waals surface area (Å²) < 4.78 is 1.80. The van der Waals surface area contributed by atoms with E-state index in [9.17, 15) is 10.1 Å². The van der Waals surface area contributed by atoms with Crippen molar-refractivity contribution in [3.63, 3.8) is 0 Å². The summed E-state index contributed by atoms with van der Waals surface area (Å²) in [6.07, 6.45) is 3.71. The minimum atomic E-state index is -0.810. The summed E-state index contributed by atoms with van der Waals surface area (Å²) in [5, 5.41) is 12.8. The number of carbonyl (C=O) groups is 1. The van der Waals surface area contributed by atoms with Gasteiger partial charge < -0.3 is 9.72 Å². The highest BCUT2D eigenvalue weighted by molar-refractivity contribution is 6.30. The molecule has 0 fully saturated rings. The van der Waals surface area contributed by atoms with Crippen LogP contribution < -0.4 is 5.32 Å². The molecule has 2 heterocycles. The van der Waals surface area contributed by atoms with E-state index in [4.69, 9.17) is 11.6 Å². The molecule has 0 bridgehead atoms. The summed E-state index contributed by atoms with van der Waals surface area (Å²) in [5.74, 6) is -0.373. The first kappa shape index (κ1) is 17.8. The van der Waals surface area contributed by atoms with Crippen LogP contribution in [0.25, 0.3) is 16.9 Å². The third kappa shape index (κ3) is 3.46. The molecular weight excluding hydrogens is 372 g/mol. The Morgan fingerprint density at radius 1 is 1.11 bits per heavy atom. The van der Waals surface area contributed by atoms with Crippen molar-refractivity contribution >= 4 is 23.2 Å². The van der Waals surface area contributed by atoms with Gasteiger partial charge in [-0.05, 0) is 29.8 Å². The Kier molecular flexibility index (Phi) is 4.79. The SMILES string of the molecule is N#CC(NC(=O)c1cccn2cc(-c3ccccc3)nc12)c1cccc(Cl)c1. The molecule has 5 nitrogen and oxygen atoms in total. The molecule has 2 aromatic carbocycles. The number of hydrogen-bond donors (Lipinski definition) is 1. The summed E-state index contributed by atoms with van der Waals surface area (Å²) in [6, 6.07) is 21.4. The Morgan fingerprint density at radius 2 is 1.93 bits per heavy atom. The van der Waals surface area contributed by atoms with Gasteiger partial charge in [-0.2, -0.15) is 5.26 Å². The standard InChI is InChI=1S/C22H15ClN4O/c23-17-9-4-8-16(12-17)19(13-24)26-22(28)18-10-5-11-27-14-20(25-21(18)27)15-6-2-1-3-7-15/h1-12,14,19H,(H,26,28). The van der Waals surface area contributed by atoms with Crippen LogP contribution in [-0.4, -0.2) is 15.3 Å². The number of amides is 1. The van der Waals surface area contributed by atoms with Crippen LogP contribution in [-0.2, 0) is 0 Å². The average Bonchev–Trinajstić information content (AvgIpc) is 3.17. The Hall–Kier alpha value is -3.62. The molecule has 0 aliphatic heterocycles. The molecule has 1 N–H and O–H groups in total. The highest BCUT2D eigenvalue weighted by Gasteiger charge is 2.19. The number of pyridine rings is 1. The van der Waals surface area contributed by atoms with E-state index in [0.29, 0.717) is 21.8 Å².